The van der Waals surface area contributed by atoms with Crippen molar-refractivity contribution < 1.29 is 4.79 Å². The zero-order valence-corrected chi connectivity index (χ0v) is 18.7. The van der Waals surface area contributed by atoms with E-state index in [9.17, 15) is 4.79 Å². The lowest BCUT2D eigenvalue weighted by atomic mass is 10.1. The van der Waals surface area contributed by atoms with E-state index in [1.165, 1.54) is 27.1 Å². The number of benzene rings is 1. The predicted octanol–water partition coefficient (Wildman–Crippen LogP) is 4.66. The zero-order valence-electron chi connectivity index (χ0n) is 16.2. The first-order valence-electron chi connectivity index (χ1n) is 9.76. The van der Waals surface area contributed by atoms with E-state index in [1.807, 2.05) is 23.1 Å². The molecule has 0 saturated carbocycles. The van der Waals surface area contributed by atoms with Crippen molar-refractivity contribution in [3.05, 3.63) is 80.4 Å². The molecule has 3 aromatic heterocycles. The van der Waals surface area contributed by atoms with Gasteiger partial charge >= 0.3 is 0 Å². The minimum absolute atomic E-state index is 0.152. The molecule has 30 heavy (non-hydrogen) atoms. The number of para-hydroxylation sites is 1. The van der Waals surface area contributed by atoms with Gasteiger partial charge in [0.2, 0.25) is 5.91 Å². The van der Waals surface area contributed by atoms with Crippen molar-refractivity contribution in [2.24, 2.45) is 0 Å². The first kappa shape index (κ1) is 19.5. The summed E-state index contributed by atoms with van der Waals surface area (Å²) in [6, 6.07) is 16.4. The molecule has 1 aromatic carbocycles. The second-order valence-corrected chi connectivity index (χ2v) is 10.0. The number of hydrogen-bond donors (Lipinski definition) is 0. The number of amides is 1. The van der Waals surface area contributed by atoms with Crippen LogP contribution < -0.4 is 0 Å². The quantitative estimate of drug-likeness (QED) is 0.399. The highest BCUT2D eigenvalue weighted by molar-refractivity contribution is 7.99. The smallest absolute Gasteiger partial charge is 0.233 e. The molecule has 5 rings (SSSR count). The molecule has 1 aliphatic heterocycles. The standard InChI is InChI=1S/C22H20N4OS3/c27-21(25-10-8-19-16(14-25)9-12-29-19)15-30-22-24-23-20(13-18-7-4-11-28-18)26(22)17-5-2-1-3-6-17/h1-7,9,11-12H,8,10,13-15H2. The van der Waals surface area contributed by atoms with Crippen molar-refractivity contribution in [2.45, 2.75) is 24.5 Å². The van der Waals surface area contributed by atoms with E-state index in [2.05, 4.69) is 55.9 Å². The Morgan fingerprint density at radius 3 is 2.77 bits per heavy atom. The Morgan fingerprint density at radius 2 is 1.93 bits per heavy atom. The Bertz CT molecular complexity index is 1130. The molecule has 0 radical (unpaired) electrons. The van der Waals surface area contributed by atoms with Crippen LogP contribution in [0.3, 0.4) is 0 Å². The molecule has 0 aliphatic carbocycles. The molecule has 0 fully saturated rings. The van der Waals surface area contributed by atoms with Gasteiger partial charge in [0.25, 0.3) is 0 Å². The van der Waals surface area contributed by atoms with Crippen LogP contribution in [0, 0.1) is 0 Å². The monoisotopic (exact) mass is 452 g/mol. The van der Waals surface area contributed by atoms with Gasteiger partial charge in [0.15, 0.2) is 5.16 Å². The fourth-order valence-corrected chi connectivity index (χ4v) is 6.06. The molecular formula is C22H20N4OS3. The van der Waals surface area contributed by atoms with Crippen LogP contribution in [0.15, 0.2) is 64.4 Å². The van der Waals surface area contributed by atoms with Crippen molar-refractivity contribution >= 4 is 40.3 Å². The van der Waals surface area contributed by atoms with Crippen LogP contribution in [-0.4, -0.2) is 37.9 Å². The van der Waals surface area contributed by atoms with E-state index < -0.39 is 0 Å². The molecule has 8 heteroatoms. The molecule has 0 saturated heterocycles. The number of carbonyl (C=O) groups excluding carboxylic acids is 1. The third-order valence-corrected chi connectivity index (χ3v) is 7.93. The SMILES string of the molecule is O=C(CSc1nnc(Cc2cccs2)n1-c1ccccc1)N1CCc2sccc2C1. The lowest BCUT2D eigenvalue weighted by Crippen LogP contribution is -2.36. The van der Waals surface area contributed by atoms with Gasteiger partial charge < -0.3 is 4.90 Å². The number of thiophene rings is 2. The second kappa shape index (κ2) is 8.75. The maximum absolute atomic E-state index is 12.9. The Hall–Kier alpha value is -2.42. The van der Waals surface area contributed by atoms with E-state index in [0.717, 1.165) is 36.1 Å². The highest BCUT2D eigenvalue weighted by Gasteiger charge is 2.23. The summed E-state index contributed by atoms with van der Waals surface area (Å²) in [6.07, 6.45) is 1.68. The van der Waals surface area contributed by atoms with E-state index >= 15 is 0 Å². The topological polar surface area (TPSA) is 51.0 Å². The number of carbonyl (C=O) groups is 1. The average Bonchev–Trinajstić information content (AvgIpc) is 3.53. The summed E-state index contributed by atoms with van der Waals surface area (Å²) in [7, 11) is 0. The Labute approximate surface area is 187 Å². The second-order valence-electron chi connectivity index (χ2n) is 7.05. The van der Waals surface area contributed by atoms with Crippen LogP contribution in [0.1, 0.15) is 21.1 Å². The third kappa shape index (κ3) is 4.08. The average molecular weight is 453 g/mol. The third-order valence-electron chi connectivity index (χ3n) is 5.11. The Balaban J connectivity index is 1.34. The van der Waals surface area contributed by atoms with Crippen LogP contribution >= 0.6 is 34.4 Å². The molecule has 1 aliphatic rings. The summed E-state index contributed by atoms with van der Waals surface area (Å²) in [5, 5.41) is 13.8. The van der Waals surface area contributed by atoms with Crippen LogP contribution in [0.5, 0.6) is 0 Å². The first-order valence-corrected chi connectivity index (χ1v) is 12.5. The largest absolute Gasteiger partial charge is 0.337 e. The first-order chi connectivity index (χ1) is 14.8. The molecule has 0 N–H and O–H groups in total. The summed E-state index contributed by atoms with van der Waals surface area (Å²) in [5.41, 5.74) is 2.31. The Kier molecular flexibility index (Phi) is 5.70. The molecule has 0 atom stereocenters. The number of thioether (sulfide) groups is 1. The van der Waals surface area contributed by atoms with Gasteiger partial charge in [0.1, 0.15) is 5.82 Å². The summed E-state index contributed by atoms with van der Waals surface area (Å²) in [5.74, 6) is 1.41. The van der Waals surface area contributed by atoms with Crippen molar-refractivity contribution in [3.63, 3.8) is 0 Å². The molecule has 0 bridgehead atoms. The van der Waals surface area contributed by atoms with E-state index in [-0.39, 0.29) is 5.91 Å². The van der Waals surface area contributed by atoms with Crippen LogP contribution in [0.4, 0.5) is 0 Å². The molecule has 5 nitrogen and oxygen atoms in total. The van der Waals surface area contributed by atoms with Crippen LogP contribution in [0.25, 0.3) is 5.69 Å². The van der Waals surface area contributed by atoms with Crippen molar-refractivity contribution in [1.82, 2.24) is 19.7 Å². The Morgan fingerprint density at radius 1 is 1.03 bits per heavy atom. The van der Waals surface area contributed by atoms with Crippen molar-refractivity contribution in [2.75, 3.05) is 12.3 Å². The molecule has 4 aromatic rings. The molecular weight excluding hydrogens is 432 g/mol. The van der Waals surface area contributed by atoms with E-state index in [4.69, 9.17) is 0 Å². The van der Waals surface area contributed by atoms with Crippen molar-refractivity contribution in [3.8, 4) is 5.69 Å². The molecule has 0 spiro atoms. The molecule has 152 valence electrons. The highest BCUT2D eigenvalue weighted by Crippen LogP contribution is 2.27. The van der Waals surface area contributed by atoms with E-state index in [1.54, 1.807) is 22.7 Å². The fraction of sp³-hybridized carbons (Fsp3) is 0.227. The highest BCUT2D eigenvalue weighted by atomic mass is 32.2. The number of hydrogen-bond acceptors (Lipinski definition) is 6. The van der Waals surface area contributed by atoms with Gasteiger partial charge in [-0.15, -0.1) is 32.9 Å². The lowest BCUT2D eigenvalue weighted by Gasteiger charge is -2.26. The minimum Gasteiger partial charge on any atom is -0.337 e. The van der Waals surface area contributed by atoms with Crippen LogP contribution in [-0.2, 0) is 24.2 Å². The van der Waals surface area contributed by atoms with Gasteiger partial charge in [-0.3, -0.25) is 9.36 Å². The van der Waals surface area contributed by atoms with E-state index in [0.29, 0.717) is 12.3 Å². The summed E-state index contributed by atoms with van der Waals surface area (Å²) in [4.78, 5) is 17.5. The predicted molar refractivity (Wildman–Crippen MR) is 123 cm³/mol. The molecule has 4 heterocycles. The van der Waals surface area contributed by atoms with Gasteiger partial charge in [0.05, 0.1) is 5.75 Å². The molecule has 0 unspecified atom stereocenters. The summed E-state index contributed by atoms with van der Waals surface area (Å²) < 4.78 is 2.07. The molecule has 1 amide bonds. The van der Waals surface area contributed by atoms with Gasteiger partial charge in [0, 0.05) is 35.0 Å². The number of rotatable bonds is 6. The van der Waals surface area contributed by atoms with Crippen molar-refractivity contribution in [1.29, 1.82) is 0 Å². The zero-order chi connectivity index (χ0) is 20.3. The fourth-order valence-electron chi connectivity index (χ4n) is 3.59. The lowest BCUT2D eigenvalue weighted by molar-refractivity contribution is -0.129. The van der Waals surface area contributed by atoms with Gasteiger partial charge in [-0.25, -0.2) is 0 Å². The number of nitrogens with zero attached hydrogens (tertiary/aromatic N) is 4. The van der Waals surface area contributed by atoms with Gasteiger partial charge in [-0.05, 0) is 47.0 Å². The number of aromatic nitrogens is 3. The van der Waals surface area contributed by atoms with Gasteiger partial charge in [-0.1, -0.05) is 36.0 Å². The maximum atomic E-state index is 12.9. The minimum atomic E-state index is 0.152. The van der Waals surface area contributed by atoms with Gasteiger partial charge in [-0.2, -0.15) is 0 Å². The summed E-state index contributed by atoms with van der Waals surface area (Å²) >= 11 is 4.97. The van der Waals surface area contributed by atoms with Crippen LogP contribution in [0.2, 0.25) is 0 Å². The summed E-state index contributed by atoms with van der Waals surface area (Å²) in [6.45, 7) is 1.51. The maximum Gasteiger partial charge on any atom is 0.233 e. The number of fused-ring (bicyclic) bond motifs is 1. The normalized spacial score (nSPS) is 13.4.